The third kappa shape index (κ3) is 1.95. The third-order valence-corrected chi connectivity index (χ3v) is 2.55. The van der Waals surface area contributed by atoms with Gasteiger partial charge in [0.05, 0.1) is 12.6 Å². The number of amides is 1. The van der Waals surface area contributed by atoms with E-state index in [-0.39, 0.29) is 24.1 Å². The fraction of sp³-hybridized carbons (Fsp3) is 0.875. The number of ether oxygens (including phenoxy) is 1. The lowest BCUT2D eigenvalue weighted by Crippen LogP contribution is -2.50. The molecule has 0 aromatic heterocycles. The number of hydrogen-bond donors (Lipinski definition) is 2. The second-order valence-electron chi connectivity index (χ2n) is 3.50. The van der Waals surface area contributed by atoms with Gasteiger partial charge in [0.25, 0.3) is 0 Å². The number of carbonyl (C=O) groups excluding carboxylic acids is 1. The summed E-state index contributed by atoms with van der Waals surface area (Å²) in [5.41, 5.74) is 4.94. The van der Waals surface area contributed by atoms with Crippen LogP contribution < -0.4 is 11.1 Å². The zero-order valence-electron chi connectivity index (χ0n) is 7.59. The van der Waals surface area contributed by atoms with Crippen LogP contribution in [0.25, 0.3) is 0 Å². The Kier molecular flexibility index (Phi) is 2.69. The van der Waals surface area contributed by atoms with Gasteiger partial charge in [-0.05, 0) is 20.3 Å². The van der Waals surface area contributed by atoms with Crippen LogP contribution in [-0.4, -0.2) is 30.7 Å². The molecule has 0 aromatic carbocycles. The SMILES string of the molecule is CC1OCCC1(C)NCC(N)=O. The number of nitrogens with one attached hydrogen (secondary N) is 1. The van der Waals surface area contributed by atoms with Crippen molar-refractivity contribution in [3.05, 3.63) is 0 Å². The fourth-order valence-corrected chi connectivity index (χ4v) is 1.36. The number of carbonyl (C=O) groups is 1. The van der Waals surface area contributed by atoms with Crippen molar-refractivity contribution in [1.29, 1.82) is 0 Å². The van der Waals surface area contributed by atoms with E-state index in [9.17, 15) is 4.79 Å². The summed E-state index contributed by atoms with van der Waals surface area (Å²) < 4.78 is 5.39. The summed E-state index contributed by atoms with van der Waals surface area (Å²) in [4.78, 5) is 10.5. The quantitative estimate of drug-likeness (QED) is 0.610. The molecule has 70 valence electrons. The van der Waals surface area contributed by atoms with Crippen molar-refractivity contribution < 1.29 is 9.53 Å². The van der Waals surface area contributed by atoms with Crippen molar-refractivity contribution in [1.82, 2.24) is 5.32 Å². The summed E-state index contributed by atoms with van der Waals surface area (Å²) in [6, 6.07) is 0. The first kappa shape index (κ1) is 9.48. The highest BCUT2D eigenvalue weighted by atomic mass is 16.5. The topological polar surface area (TPSA) is 64.3 Å². The predicted molar refractivity (Wildman–Crippen MR) is 45.6 cm³/mol. The molecule has 1 aliphatic heterocycles. The van der Waals surface area contributed by atoms with E-state index in [0.29, 0.717) is 0 Å². The maximum Gasteiger partial charge on any atom is 0.231 e. The molecule has 0 saturated carbocycles. The average molecular weight is 172 g/mol. The van der Waals surface area contributed by atoms with E-state index in [4.69, 9.17) is 10.5 Å². The van der Waals surface area contributed by atoms with Crippen LogP contribution in [0.5, 0.6) is 0 Å². The lowest BCUT2D eigenvalue weighted by atomic mass is 9.95. The smallest absolute Gasteiger partial charge is 0.231 e. The fourth-order valence-electron chi connectivity index (χ4n) is 1.36. The standard InChI is InChI=1S/C8H16N2O2/c1-6-8(2,3-4-12-6)10-5-7(9)11/h6,10H,3-5H2,1-2H3,(H2,9,11). The van der Waals surface area contributed by atoms with Crippen LogP contribution in [0.2, 0.25) is 0 Å². The van der Waals surface area contributed by atoms with Gasteiger partial charge in [-0.3, -0.25) is 4.79 Å². The first-order chi connectivity index (χ1) is 5.54. The molecule has 0 aromatic rings. The van der Waals surface area contributed by atoms with Crippen molar-refractivity contribution in [3.8, 4) is 0 Å². The first-order valence-corrected chi connectivity index (χ1v) is 4.19. The molecule has 0 bridgehead atoms. The van der Waals surface area contributed by atoms with Crippen LogP contribution in [0.1, 0.15) is 20.3 Å². The Balaban J connectivity index is 2.42. The molecular formula is C8H16N2O2. The number of primary amides is 1. The molecule has 2 unspecified atom stereocenters. The molecule has 12 heavy (non-hydrogen) atoms. The van der Waals surface area contributed by atoms with Crippen molar-refractivity contribution in [3.63, 3.8) is 0 Å². The minimum Gasteiger partial charge on any atom is -0.377 e. The molecule has 0 aliphatic carbocycles. The van der Waals surface area contributed by atoms with Gasteiger partial charge in [0, 0.05) is 12.1 Å². The monoisotopic (exact) mass is 172 g/mol. The number of rotatable bonds is 3. The zero-order chi connectivity index (χ0) is 9.19. The summed E-state index contributed by atoms with van der Waals surface area (Å²) in [7, 11) is 0. The van der Waals surface area contributed by atoms with Crippen LogP contribution in [0.15, 0.2) is 0 Å². The minimum atomic E-state index is -0.324. The van der Waals surface area contributed by atoms with Gasteiger partial charge in [-0.25, -0.2) is 0 Å². The molecular weight excluding hydrogens is 156 g/mol. The zero-order valence-corrected chi connectivity index (χ0v) is 7.59. The van der Waals surface area contributed by atoms with Crippen molar-refractivity contribution >= 4 is 5.91 Å². The Labute approximate surface area is 72.5 Å². The Morgan fingerprint density at radius 3 is 2.92 bits per heavy atom. The van der Waals surface area contributed by atoms with Crippen molar-refractivity contribution in [2.75, 3.05) is 13.2 Å². The molecule has 2 atom stereocenters. The molecule has 1 amide bonds. The van der Waals surface area contributed by atoms with Gasteiger partial charge in [-0.15, -0.1) is 0 Å². The Morgan fingerprint density at radius 1 is 1.83 bits per heavy atom. The minimum absolute atomic E-state index is 0.0883. The molecule has 0 radical (unpaired) electrons. The van der Waals surface area contributed by atoms with Crippen LogP contribution in [0.4, 0.5) is 0 Å². The Bertz CT molecular complexity index is 184. The maximum atomic E-state index is 10.5. The highest BCUT2D eigenvalue weighted by Crippen LogP contribution is 2.24. The summed E-state index contributed by atoms with van der Waals surface area (Å²) in [5, 5.41) is 3.11. The van der Waals surface area contributed by atoms with E-state index in [0.717, 1.165) is 13.0 Å². The highest BCUT2D eigenvalue weighted by molar-refractivity contribution is 5.76. The van der Waals surface area contributed by atoms with E-state index in [1.165, 1.54) is 0 Å². The largest absolute Gasteiger partial charge is 0.377 e. The molecule has 1 rings (SSSR count). The molecule has 0 spiro atoms. The summed E-state index contributed by atoms with van der Waals surface area (Å²) >= 11 is 0. The van der Waals surface area contributed by atoms with Gasteiger partial charge in [0.15, 0.2) is 0 Å². The van der Waals surface area contributed by atoms with Gasteiger partial charge in [0.1, 0.15) is 0 Å². The van der Waals surface area contributed by atoms with Crippen LogP contribution >= 0.6 is 0 Å². The molecule has 3 N–H and O–H groups in total. The van der Waals surface area contributed by atoms with E-state index in [1.807, 2.05) is 13.8 Å². The van der Waals surface area contributed by atoms with E-state index in [1.54, 1.807) is 0 Å². The number of nitrogens with two attached hydrogens (primary N) is 1. The van der Waals surface area contributed by atoms with Crippen LogP contribution in [-0.2, 0) is 9.53 Å². The predicted octanol–water partition coefficient (Wildman–Crippen LogP) is -0.371. The molecule has 1 saturated heterocycles. The second kappa shape index (κ2) is 3.41. The van der Waals surface area contributed by atoms with Gasteiger partial charge in [-0.1, -0.05) is 0 Å². The van der Waals surface area contributed by atoms with E-state index < -0.39 is 0 Å². The van der Waals surface area contributed by atoms with Gasteiger partial charge in [0.2, 0.25) is 5.91 Å². The van der Waals surface area contributed by atoms with Crippen LogP contribution in [0, 0.1) is 0 Å². The third-order valence-electron chi connectivity index (χ3n) is 2.55. The molecule has 1 fully saturated rings. The Hall–Kier alpha value is -0.610. The summed E-state index contributed by atoms with van der Waals surface area (Å²) in [6.07, 6.45) is 1.08. The maximum absolute atomic E-state index is 10.5. The molecule has 4 nitrogen and oxygen atoms in total. The molecule has 1 aliphatic rings. The molecule has 1 heterocycles. The first-order valence-electron chi connectivity index (χ1n) is 4.19. The average Bonchev–Trinajstić information content (AvgIpc) is 2.30. The lowest BCUT2D eigenvalue weighted by molar-refractivity contribution is -0.117. The molecule has 4 heteroatoms. The van der Waals surface area contributed by atoms with Crippen molar-refractivity contribution in [2.45, 2.75) is 31.9 Å². The summed E-state index contributed by atoms with van der Waals surface area (Å²) in [6.45, 7) is 5.03. The van der Waals surface area contributed by atoms with E-state index in [2.05, 4.69) is 5.32 Å². The Morgan fingerprint density at radius 2 is 2.50 bits per heavy atom. The second-order valence-corrected chi connectivity index (χ2v) is 3.50. The van der Waals surface area contributed by atoms with Crippen molar-refractivity contribution in [2.24, 2.45) is 5.73 Å². The number of hydrogen-bond acceptors (Lipinski definition) is 3. The summed E-state index contributed by atoms with van der Waals surface area (Å²) in [5.74, 6) is -0.324. The van der Waals surface area contributed by atoms with Crippen LogP contribution in [0.3, 0.4) is 0 Å². The lowest BCUT2D eigenvalue weighted by Gasteiger charge is -2.28. The van der Waals surface area contributed by atoms with Gasteiger partial charge < -0.3 is 15.8 Å². The normalized spacial score (nSPS) is 35.3. The van der Waals surface area contributed by atoms with Gasteiger partial charge >= 0.3 is 0 Å². The van der Waals surface area contributed by atoms with E-state index >= 15 is 0 Å². The van der Waals surface area contributed by atoms with Gasteiger partial charge in [-0.2, -0.15) is 0 Å². The highest BCUT2D eigenvalue weighted by Gasteiger charge is 2.36.